The van der Waals surface area contributed by atoms with E-state index in [9.17, 15) is 13.0 Å². The van der Waals surface area contributed by atoms with Crippen LogP contribution in [-0.4, -0.2) is 50.1 Å². The third-order valence-electron chi connectivity index (χ3n) is 4.38. The Balaban J connectivity index is 2.36. The van der Waals surface area contributed by atoms with E-state index >= 15 is 0 Å². The quantitative estimate of drug-likeness (QED) is 0.343. The van der Waals surface area contributed by atoms with Gasteiger partial charge in [0.15, 0.2) is 11.5 Å². The van der Waals surface area contributed by atoms with E-state index < -0.39 is 17.8 Å². The first kappa shape index (κ1) is 28.3. The molecule has 0 bridgehead atoms. The normalized spacial score (nSPS) is 11.8. The molecular weight excluding hydrogens is 501 g/mol. The van der Waals surface area contributed by atoms with Crippen LogP contribution in [0.3, 0.4) is 0 Å². The first-order valence-corrected chi connectivity index (χ1v) is 13.4. The van der Waals surface area contributed by atoms with E-state index in [1.54, 1.807) is 26.0 Å². The second kappa shape index (κ2) is 12.7. The van der Waals surface area contributed by atoms with Gasteiger partial charge >= 0.3 is 7.82 Å². The molecule has 35 heavy (non-hydrogen) atoms. The highest BCUT2D eigenvalue weighted by molar-refractivity contribution is 7.95. The molecule has 0 saturated heterocycles. The Morgan fingerprint density at radius 2 is 1.40 bits per heavy atom. The fraction of sp³-hybridized carbons (Fsp3) is 0.364. The molecule has 0 aromatic heterocycles. The van der Waals surface area contributed by atoms with Crippen molar-refractivity contribution in [3.8, 4) is 28.7 Å². The first-order chi connectivity index (χ1) is 16.6. The van der Waals surface area contributed by atoms with E-state index in [0.717, 1.165) is 5.41 Å². The van der Waals surface area contributed by atoms with Crippen molar-refractivity contribution < 1.29 is 45.5 Å². The Morgan fingerprint density at radius 3 is 1.89 bits per heavy atom. The predicted octanol–water partition coefficient (Wildman–Crippen LogP) is 4.69. The number of benzene rings is 2. The average molecular weight is 532 g/mol. The van der Waals surface area contributed by atoms with Crippen LogP contribution in [-0.2, 0) is 23.6 Å². The zero-order chi connectivity index (χ0) is 26.1. The number of phosphoric ester groups is 1. The summed E-state index contributed by atoms with van der Waals surface area (Å²) in [6.45, 7) is 3.43. The van der Waals surface area contributed by atoms with E-state index in [1.807, 2.05) is 0 Å². The van der Waals surface area contributed by atoms with E-state index in [4.69, 9.17) is 32.5 Å². The second-order valence-electron chi connectivity index (χ2n) is 6.64. The van der Waals surface area contributed by atoms with Gasteiger partial charge in [-0.25, -0.2) is 13.0 Å². The molecule has 0 aliphatic rings. The van der Waals surface area contributed by atoms with Gasteiger partial charge < -0.3 is 23.5 Å². The van der Waals surface area contributed by atoms with E-state index in [2.05, 4.69) is 4.72 Å². The number of phosphoric acid groups is 1. The van der Waals surface area contributed by atoms with Crippen LogP contribution in [0.5, 0.6) is 28.7 Å². The van der Waals surface area contributed by atoms with Crippen molar-refractivity contribution in [3.05, 3.63) is 41.3 Å². The minimum absolute atomic E-state index is 0.0274. The van der Waals surface area contributed by atoms with Crippen LogP contribution >= 0.6 is 7.82 Å². The predicted molar refractivity (Wildman–Crippen MR) is 132 cm³/mol. The molecule has 0 atom stereocenters. The molecule has 0 aliphatic carbocycles. The average Bonchev–Trinajstić information content (AvgIpc) is 2.82. The molecule has 1 N–H and O–H groups in total. The monoisotopic (exact) mass is 531 g/mol. The summed E-state index contributed by atoms with van der Waals surface area (Å²) in [5.74, 6) is 1.38. The molecule has 194 valence electrons. The summed E-state index contributed by atoms with van der Waals surface area (Å²) in [4.78, 5) is 0. The van der Waals surface area contributed by atoms with Crippen molar-refractivity contribution in [2.75, 3.05) is 46.4 Å². The second-order valence-corrected chi connectivity index (χ2v) is 9.79. The number of sulfonamides is 1. The van der Waals surface area contributed by atoms with Crippen molar-refractivity contribution in [2.24, 2.45) is 0 Å². The lowest BCUT2D eigenvalue weighted by molar-refractivity contribution is 0.166. The Hall–Kier alpha value is -2.92. The minimum atomic E-state index is -4.00. The van der Waals surface area contributed by atoms with Crippen LogP contribution in [0.25, 0.3) is 6.08 Å². The molecule has 0 radical (unpaired) electrons. The van der Waals surface area contributed by atoms with E-state index in [0.29, 0.717) is 22.8 Å². The van der Waals surface area contributed by atoms with Gasteiger partial charge in [0.25, 0.3) is 10.0 Å². The molecule has 13 heteroatoms. The van der Waals surface area contributed by atoms with E-state index in [1.165, 1.54) is 52.7 Å². The molecular formula is C22H30NO10PS. The topological polar surface area (TPSA) is 128 Å². The zero-order valence-electron chi connectivity index (χ0n) is 20.4. The SMILES string of the molecule is CCOP(=O)(OCC)Oc1cc(NS(=O)(=O)C=Cc2c(OC)cc(OC)cc2OC)ccc1OC. The molecule has 0 fully saturated rings. The standard InChI is InChI=1S/C22H30NO10PS/c1-7-31-34(24,32-8-2)33-22-13-16(9-10-19(22)28-4)23-35(25,26)12-11-18-20(29-5)14-17(27-3)15-21(18)30-6/h9-15,23H,7-8H2,1-6H3. The lowest BCUT2D eigenvalue weighted by atomic mass is 10.1. The first-order valence-electron chi connectivity index (χ1n) is 10.4. The summed E-state index contributed by atoms with van der Waals surface area (Å²) in [6.07, 6.45) is 1.33. The summed E-state index contributed by atoms with van der Waals surface area (Å²) in [5.41, 5.74) is 0.521. The van der Waals surface area contributed by atoms with Gasteiger partial charge in [0.05, 0.1) is 58.3 Å². The maximum atomic E-state index is 12.8. The number of ether oxygens (including phenoxy) is 4. The molecule has 0 unspecified atom stereocenters. The zero-order valence-corrected chi connectivity index (χ0v) is 22.1. The number of nitrogens with one attached hydrogen (secondary N) is 1. The Bertz CT molecular complexity index is 1150. The molecule has 2 rings (SSSR count). The van der Waals surface area contributed by atoms with Gasteiger partial charge in [0.1, 0.15) is 17.2 Å². The Kier molecular flexibility index (Phi) is 10.3. The molecule has 2 aromatic rings. The Labute approximate surface area is 205 Å². The number of rotatable bonds is 14. The van der Waals surface area contributed by atoms with Crippen LogP contribution in [0.4, 0.5) is 5.69 Å². The van der Waals surface area contributed by atoms with Crippen LogP contribution < -0.4 is 28.2 Å². The minimum Gasteiger partial charge on any atom is -0.496 e. The number of methoxy groups -OCH3 is 4. The van der Waals surface area contributed by atoms with Gasteiger partial charge in [-0.2, -0.15) is 0 Å². The summed E-state index contributed by atoms with van der Waals surface area (Å²) in [6, 6.07) is 7.42. The summed E-state index contributed by atoms with van der Waals surface area (Å²) < 4.78 is 77.5. The van der Waals surface area contributed by atoms with Crippen molar-refractivity contribution >= 4 is 29.6 Å². The van der Waals surface area contributed by atoms with E-state index in [-0.39, 0.29) is 30.4 Å². The maximum Gasteiger partial charge on any atom is 0.530 e. The molecule has 0 saturated carbocycles. The molecule has 0 amide bonds. The molecule has 0 heterocycles. The highest BCUT2D eigenvalue weighted by atomic mass is 32.2. The smallest absolute Gasteiger partial charge is 0.496 e. The van der Waals surface area contributed by atoms with Crippen molar-refractivity contribution in [1.29, 1.82) is 0 Å². The summed E-state index contributed by atoms with van der Waals surface area (Å²) in [7, 11) is -2.17. The largest absolute Gasteiger partial charge is 0.530 e. The molecule has 0 spiro atoms. The molecule has 0 aliphatic heterocycles. The lowest BCUT2D eigenvalue weighted by Gasteiger charge is -2.19. The van der Waals surface area contributed by atoms with Gasteiger partial charge in [0, 0.05) is 18.2 Å². The van der Waals surface area contributed by atoms with Crippen molar-refractivity contribution in [1.82, 2.24) is 0 Å². The van der Waals surface area contributed by atoms with Gasteiger partial charge in [-0.05, 0) is 32.1 Å². The third kappa shape index (κ3) is 7.79. The number of anilines is 1. The summed E-state index contributed by atoms with van der Waals surface area (Å²) >= 11 is 0. The number of hydrogen-bond donors (Lipinski definition) is 1. The van der Waals surface area contributed by atoms with Crippen LogP contribution in [0.15, 0.2) is 35.7 Å². The lowest BCUT2D eigenvalue weighted by Crippen LogP contribution is -2.09. The van der Waals surface area contributed by atoms with Gasteiger partial charge in [-0.1, -0.05) is 0 Å². The third-order valence-corrected chi connectivity index (χ3v) is 6.96. The summed E-state index contributed by atoms with van der Waals surface area (Å²) in [5, 5.41) is 0.954. The van der Waals surface area contributed by atoms with Gasteiger partial charge in [0.2, 0.25) is 0 Å². The highest BCUT2D eigenvalue weighted by Gasteiger charge is 2.29. The van der Waals surface area contributed by atoms with Crippen LogP contribution in [0.1, 0.15) is 19.4 Å². The van der Waals surface area contributed by atoms with Crippen LogP contribution in [0.2, 0.25) is 0 Å². The molecule has 11 nitrogen and oxygen atoms in total. The Morgan fingerprint density at radius 1 is 0.829 bits per heavy atom. The van der Waals surface area contributed by atoms with Gasteiger partial charge in [-0.15, -0.1) is 0 Å². The fourth-order valence-corrected chi connectivity index (χ4v) is 4.93. The maximum absolute atomic E-state index is 12.8. The van der Waals surface area contributed by atoms with Crippen LogP contribution in [0, 0.1) is 0 Å². The van der Waals surface area contributed by atoms with Crippen molar-refractivity contribution in [2.45, 2.75) is 13.8 Å². The van der Waals surface area contributed by atoms with Gasteiger partial charge in [-0.3, -0.25) is 13.8 Å². The number of hydrogen-bond acceptors (Lipinski definition) is 10. The van der Waals surface area contributed by atoms with Crippen molar-refractivity contribution in [3.63, 3.8) is 0 Å². The molecule has 2 aromatic carbocycles. The fourth-order valence-electron chi connectivity index (χ4n) is 2.89. The highest BCUT2D eigenvalue weighted by Crippen LogP contribution is 2.51.